The van der Waals surface area contributed by atoms with Gasteiger partial charge >= 0.3 is 0 Å². The van der Waals surface area contributed by atoms with Crippen molar-refractivity contribution < 1.29 is 9.53 Å². The fourth-order valence-corrected chi connectivity index (χ4v) is 5.10. The highest BCUT2D eigenvalue weighted by Gasteiger charge is 2.31. The average Bonchev–Trinajstić information content (AvgIpc) is 3.34. The fraction of sp³-hybridized carbons (Fsp3) is 0.138. The van der Waals surface area contributed by atoms with Gasteiger partial charge in [0.15, 0.2) is 5.13 Å². The molecule has 0 unspecified atom stereocenters. The van der Waals surface area contributed by atoms with Crippen molar-refractivity contribution in [3.05, 3.63) is 120 Å². The van der Waals surface area contributed by atoms with E-state index in [-0.39, 0.29) is 5.91 Å². The van der Waals surface area contributed by atoms with Crippen LogP contribution in [0.4, 0.5) is 5.13 Å². The van der Waals surface area contributed by atoms with Crippen LogP contribution in [0.1, 0.15) is 29.7 Å². The summed E-state index contributed by atoms with van der Waals surface area (Å²) in [6.45, 7) is 2.82. The minimum absolute atomic E-state index is 0.0509. The van der Waals surface area contributed by atoms with E-state index in [2.05, 4.69) is 4.98 Å². The summed E-state index contributed by atoms with van der Waals surface area (Å²) in [7, 11) is 0. The van der Waals surface area contributed by atoms with Gasteiger partial charge in [-0.15, -0.1) is 0 Å². The van der Waals surface area contributed by atoms with Gasteiger partial charge in [0.1, 0.15) is 11.3 Å². The van der Waals surface area contributed by atoms with Gasteiger partial charge in [0.2, 0.25) is 5.91 Å². The SMILES string of the molecule is CCOc1cccc2sc(N(Cc3ccccn3)C(=O)C(c3ccccc3)c3ccccc3)nc12. The third-order valence-corrected chi connectivity index (χ3v) is 6.77. The molecule has 174 valence electrons. The van der Waals surface area contributed by atoms with E-state index in [1.54, 1.807) is 11.1 Å². The number of hydrogen-bond acceptors (Lipinski definition) is 5. The number of para-hydroxylation sites is 1. The Kier molecular flexibility index (Phi) is 6.82. The number of fused-ring (bicyclic) bond motifs is 1. The molecule has 0 aliphatic heterocycles. The van der Waals surface area contributed by atoms with Crippen LogP contribution in [-0.2, 0) is 11.3 Å². The van der Waals surface area contributed by atoms with Crippen LogP contribution in [0.25, 0.3) is 10.2 Å². The molecule has 5 rings (SSSR count). The zero-order valence-corrected chi connectivity index (χ0v) is 20.2. The molecule has 0 saturated carbocycles. The lowest BCUT2D eigenvalue weighted by Crippen LogP contribution is -2.35. The van der Waals surface area contributed by atoms with Crippen LogP contribution < -0.4 is 9.64 Å². The van der Waals surface area contributed by atoms with Gasteiger partial charge < -0.3 is 4.74 Å². The molecule has 0 saturated heterocycles. The van der Waals surface area contributed by atoms with Crippen molar-refractivity contribution in [2.24, 2.45) is 0 Å². The van der Waals surface area contributed by atoms with Gasteiger partial charge in [-0.2, -0.15) is 0 Å². The molecule has 0 radical (unpaired) electrons. The van der Waals surface area contributed by atoms with E-state index in [1.165, 1.54) is 11.3 Å². The second kappa shape index (κ2) is 10.5. The summed E-state index contributed by atoms with van der Waals surface area (Å²) in [5.41, 5.74) is 3.44. The molecule has 5 nitrogen and oxygen atoms in total. The molecule has 35 heavy (non-hydrogen) atoms. The number of carbonyl (C=O) groups is 1. The molecule has 0 aliphatic carbocycles. The lowest BCUT2D eigenvalue weighted by molar-refractivity contribution is -0.119. The summed E-state index contributed by atoms with van der Waals surface area (Å²) in [6, 6.07) is 31.4. The molecule has 6 heteroatoms. The maximum atomic E-state index is 14.4. The maximum absolute atomic E-state index is 14.4. The van der Waals surface area contributed by atoms with Crippen LogP contribution in [0.15, 0.2) is 103 Å². The number of benzene rings is 3. The standard InChI is InChI=1S/C29H25N3O2S/c1-2-34-24-17-11-18-25-27(24)31-29(35-25)32(20-23-16-9-10-19-30-23)28(33)26(21-12-5-3-6-13-21)22-14-7-4-8-15-22/h3-19,26H,2,20H2,1H3. The minimum atomic E-state index is -0.473. The van der Waals surface area contributed by atoms with Crippen molar-refractivity contribution in [2.75, 3.05) is 11.5 Å². The zero-order chi connectivity index (χ0) is 24.0. The summed E-state index contributed by atoms with van der Waals surface area (Å²) in [4.78, 5) is 25.5. The molecule has 3 aromatic carbocycles. The van der Waals surface area contributed by atoms with Crippen LogP contribution in [0, 0.1) is 0 Å². The first kappa shape index (κ1) is 22.7. The molecule has 2 heterocycles. The van der Waals surface area contributed by atoms with E-state index in [0.717, 1.165) is 32.8 Å². The average molecular weight is 480 g/mol. The molecule has 0 N–H and O–H groups in total. The van der Waals surface area contributed by atoms with Gasteiger partial charge in [-0.25, -0.2) is 4.98 Å². The van der Waals surface area contributed by atoms with Crippen LogP contribution in [0.3, 0.4) is 0 Å². The van der Waals surface area contributed by atoms with Gasteiger partial charge in [0, 0.05) is 6.20 Å². The number of carbonyl (C=O) groups excluding carboxylic acids is 1. The Hall–Kier alpha value is -4.03. The van der Waals surface area contributed by atoms with Gasteiger partial charge in [-0.1, -0.05) is 84.1 Å². The Morgan fingerprint density at radius 1 is 0.886 bits per heavy atom. The molecule has 2 aromatic heterocycles. The predicted octanol–water partition coefficient (Wildman–Crippen LogP) is 6.46. The van der Waals surface area contributed by atoms with Crippen molar-refractivity contribution in [3.8, 4) is 5.75 Å². The summed E-state index contributed by atoms with van der Waals surface area (Å²) < 4.78 is 6.78. The lowest BCUT2D eigenvalue weighted by atomic mass is 9.90. The van der Waals surface area contributed by atoms with Gasteiger partial charge in [0.25, 0.3) is 0 Å². The van der Waals surface area contributed by atoms with E-state index in [4.69, 9.17) is 9.72 Å². The summed E-state index contributed by atoms with van der Waals surface area (Å²) in [6.07, 6.45) is 1.75. The highest BCUT2D eigenvalue weighted by Crippen LogP contribution is 2.37. The molecule has 0 fully saturated rings. The van der Waals surface area contributed by atoms with Crippen molar-refractivity contribution >= 4 is 32.6 Å². The van der Waals surface area contributed by atoms with Gasteiger partial charge in [-0.05, 0) is 42.3 Å². The van der Waals surface area contributed by atoms with Crippen LogP contribution >= 0.6 is 11.3 Å². The Morgan fingerprint density at radius 3 is 2.20 bits per heavy atom. The first-order chi connectivity index (χ1) is 17.2. The Bertz CT molecular complexity index is 1370. The van der Waals surface area contributed by atoms with E-state index in [0.29, 0.717) is 18.3 Å². The van der Waals surface area contributed by atoms with Crippen molar-refractivity contribution in [1.29, 1.82) is 0 Å². The zero-order valence-electron chi connectivity index (χ0n) is 19.4. The Morgan fingerprint density at radius 2 is 1.57 bits per heavy atom. The predicted molar refractivity (Wildman–Crippen MR) is 141 cm³/mol. The summed E-state index contributed by atoms with van der Waals surface area (Å²) in [5.74, 6) is 0.199. The molecule has 0 aliphatic rings. The number of nitrogens with zero attached hydrogens (tertiary/aromatic N) is 3. The number of anilines is 1. The molecular weight excluding hydrogens is 454 g/mol. The fourth-order valence-electron chi connectivity index (χ4n) is 4.12. The van der Waals surface area contributed by atoms with E-state index >= 15 is 0 Å². The van der Waals surface area contributed by atoms with Gasteiger partial charge in [-0.3, -0.25) is 14.7 Å². The number of ether oxygens (including phenoxy) is 1. The largest absolute Gasteiger partial charge is 0.492 e. The number of hydrogen-bond donors (Lipinski definition) is 0. The van der Waals surface area contributed by atoms with Gasteiger partial charge in [0.05, 0.1) is 29.5 Å². The third kappa shape index (κ3) is 4.93. The smallest absolute Gasteiger partial charge is 0.241 e. The normalized spacial score (nSPS) is 11.0. The number of thiazole rings is 1. The highest BCUT2D eigenvalue weighted by atomic mass is 32.1. The van der Waals surface area contributed by atoms with Crippen molar-refractivity contribution in [3.63, 3.8) is 0 Å². The maximum Gasteiger partial charge on any atom is 0.241 e. The topological polar surface area (TPSA) is 55.3 Å². The number of amides is 1. The number of pyridine rings is 1. The number of rotatable bonds is 8. The second-order valence-corrected chi connectivity index (χ2v) is 9.04. The third-order valence-electron chi connectivity index (χ3n) is 5.73. The van der Waals surface area contributed by atoms with E-state index in [1.807, 2.05) is 104 Å². The van der Waals surface area contributed by atoms with E-state index in [9.17, 15) is 4.79 Å². The molecular formula is C29H25N3O2S. The molecule has 0 spiro atoms. The van der Waals surface area contributed by atoms with Crippen LogP contribution in [0.5, 0.6) is 5.75 Å². The summed E-state index contributed by atoms with van der Waals surface area (Å²) in [5, 5.41) is 0.625. The second-order valence-electron chi connectivity index (χ2n) is 8.03. The first-order valence-corrected chi connectivity index (χ1v) is 12.4. The Labute approximate surface area is 208 Å². The first-order valence-electron chi connectivity index (χ1n) is 11.6. The Balaban J connectivity index is 1.63. The van der Waals surface area contributed by atoms with Crippen LogP contribution in [0.2, 0.25) is 0 Å². The summed E-state index contributed by atoms with van der Waals surface area (Å²) >= 11 is 1.49. The van der Waals surface area contributed by atoms with Crippen molar-refractivity contribution in [2.45, 2.75) is 19.4 Å². The monoisotopic (exact) mass is 479 g/mol. The highest BCUT2D eigenvalue weighted by molar-refractivity contribution is 7.22. The van der Waals surface area contributed by atoms with E-state index < -0.39 is 5.92 Å². The van der Waals surface area contributed by atoms with Crippen molar-refractivity contribution in [1.82, 2.24) is 9.97 Å². The molecule has 5 aromatic rings. The minimum Gasteiger partial charge on any atom is -0.492 e. The molecule has 0 bridgehead atoms. The molecule has 0 atom stereocenters. The van der Waals surface area contributed by atoms with Crippen LogP contribution in [-0.4, -0.2) is 22.5 Å². The molecule has 1 amide bonds. The quantitative estimate of drug-likeness (QED) is 0.256. The lowest BCUT2D eigenvalue weighted by Gasteiger charge is -2.26. The number of aromatic nitrogens is 2.